The highest BCUT2D eigenvalue weighted by Crippen LogP contribution is 2.39. The topological polar surface area (TPSA) is 46.3 Å². The normalized spacial score (nSPS) is 19.0. The van der Waals surface area contributed by atoms with Gasteiger partial charge in [-0.1, -0.05) is 15.9 Å². The number of halogens is 1. The number of nitrogens with two attached hydrogens (primary N) is 1. The highest BCUT2D eigenvalue weighted by Gasteiger charge is 2.36. The van der Waals surface area contributed by atoms with Crippen LogP contribution in [-0.4, -0.2) is 12.5 Å². The molecule has 1 aliphatic heterocycles. The standard InChI is InChI=1S/C13H15BrN2O/c14-10-6-9-2-1-5-16(12(9)11(15)7-10)13(17)8-3-4-8/h6-8H,1-5,15H2. The van der Waals surface area contributed by atoms with Gasteiger partial charge in [-0.2, -0.15) is 0 Å². The Kier molecular flexibility index (Phi) is 2.62. The van der Waals surface area contributed by atoms with Gasteiger partial charge in [0.2, 0.25) is 5.91 Å². The number of nitrogen functional groups attached to an aromatic ring is 1. The number of benzene rings is 1. The van der Waals surface area contributed by atoms with Crippen LogP contribution in [0.5, 0.6) is 0 Å². The third-order valence-corrected chi connectivity index (χ3v) is 3.93. The van der Waals surface area contributed by atoms with Crippen molar-refractivity contribution in [3.8, 4) is 0 Å². The number of amides is 1. The third-order valence-electron chi connectivity index (χ3n) is 3.47. The average molecular weight is 295 g/mol. The van der Waals surface area contributed by atoms with Crippen LogP contribution in [-0.2, 0) is 11.2 Å². The maximum absolute atomic E-state index is 12.2. The Labute approximate surface area is 109 Å². The van der Waals surface area contributed by atoms with Crippen LogP contribution in [0, 0.1) is 5.92 Å². The summed E-state index contributed by atoms with van der Waals surface area (Å²) in [6.07, 6.45) is 4.12. The summed E-state index contributed by atoms with van der Waals surface area (Å²) in [5, 5.41) is 0. The van der Waals surface area contributed by atoms with E-state index in [2.05, 4.69) is 22.0 Å². The van der Waals surface area contributed by atoms with Crippen LogP contribution in [0.15, 0.2) is 16.6 Å². The quantitative estimate of drug-likeness (QED) is 0.810. The zero-order chi connectivity index (χ0) is 12.0. The van der Waals surface area contributed by atoms with E-state index < -0.39 is 0 Å². The maximum Gasteiger partial charge on any atom is 0.230 e. The van der Waals surface area contributed by atoms with Gasteiger partial charge < -0.3 is 10.6 Å². The largest absolute Gasteiger partial charge is 0.397 e. The van der Waals surface area contributed by atoms with Gasteiger partial charge >= 0.3 is 0 Å². The molecule has 17 heavy (non-hydrogen) atoms. The zero-order valence-electron chi connectivity index (χ0n) is 9.58. The molecule has 1 amide bonds. The van der Waals surface area contributed by atoms with Crippen molar-refractivity contribution in [2.75, 3.05) is 17.2 Å². The van der Waals surface area contributed by atoms with E-state index in [0.29, 0.717) is 5.69 Å². The van der Waals surface area contributed by atoms with Gasteiger partial charge in [0.05, 0.1) is 11.4 Å². The van der Waals surface area contributed by atoms with E-state index in [4.69, 9.17) is 5.73 Å². The maximum atomic E-state index is 12.2. The molecule has 0 spiro atoms. The summed E-state index contributed by atoms with van der Waals surface area (Å²) in [6, 6.07) is 3.97. The Hall–Kier alpha value is -1.03. The highest BCUT2D eigenvalue weighted by molar-refractivity contribution is 9.10. The fraction of sp³-hybridized carbons (Fsp3) is 0.462. The first-order valence-electron chi connectivity index (χ1n) is 6.06. The SMILES string of the molecule is Nc1cc(Br)cc2c1N(C(=O)C1CC1)CCC2. The molecule has 1 aliphatic carbocycles. The second-order valence-corrected chi connectivity index (χ2v) is 5.79. The van der Waals surface area contributed by atoms with Gasteiger partial charge in [-0.25, -0.2) is 0 Å². The van der Waals surface area contributed by atoms with Crippen molar-refractivity contribution in [2.45, 2.75) is 25.7 Å². The smallest absolute Gasteiger partial charge is 0.230 e. The second-order valence-electron chi connectivity index (χ2n) is 4.87. The fourth-order valence-corrected chi connectivity index (χ4v) is 3.03. The summed E-state index contributed by atoms with van der Waals surface area (Å²) >= 11 is 3.46. The zero-order valence-corrected chi connectivity index (χ0v) is 11.2. The molecule has 0 radical (unpaired) electrons. The number of nitrogens with zero attached hydrogens (tertiary/aromatic N) is 1. The summed E-state index contributed by atoms with van der Waals surface area (Å²) in [4.78, 5) is 14.1. The molecule has 0 unspecified atom stereocenters. The Balaban J connectivity index is 2.03. The van der Waals surface area contributed by atoms with Crippen LogP contribution in [0.4, 0.5) is 11.4 Å². The lowest BCUT2D eigenvalue weighted by molar-refractivity contribution is -0.119. The second kappa shape index (κ2) is 4.02. The number of aryl methyl sites for hydroxylation is 1. The minimum absolute atomic E-state index is 0.254. The van der Waals surface area contributed by atoms with Crippen molar-refractivity contribution in [1.82, 2.24) is 0 Å². The molecule has 1 saturated carbocycles. The van der Waals surface area contributed by atoms with Gasteiger partial charge in [0, 0.05) is 16.9 Å². The molecule has 3 nitrogen and oxygen atoms in total. The number of fused-ring (bicyclic) bond motifs is 1. The van der Waals surface area contributed by atoms with Gasteiger partial charge in [0.25, 0.3) is 0 Å². The molecule has 2 aliphatic rings. The average Bonchev–Trinajstić information content (AvgIpc) is 3.10. The number of rotatable bonds is 1. The van der Waals surface area contributed by atoms with Crippen molar-refractivity contribution in [2.24, 2.45) is 5.92 Å². The minimum atomic E-state index is 0.254. The monoisotopic (exact) mass is 294 g/mol. The van der Waals surface area contributed by atoms with Gasteiger partial charge in [0.15, 0.2) is 0 Å². The number of carbonyl (C=O) groups is 1. The van der Waals surface area contributed by atoms with Gasteiger partial charge in [-0.15, -0.1) is 0 Å². The van der Waals surface area contributed by atoms with Crippen LogP contribution in [0.3, 0.4) is 0 Å². The van der Waals surface area contributed by atoms with Crippen LogP contribution < -0.4 is 10.6 Å². The van der Waals surface area contributed by atoms with Gasteiger partial charge in [-0.3, -0.25) is 4.79 Å². The molecule has 4 heteroatoms. The number of hydrogen-bond donors (Lipinski definition) is 1. The lowest BCUT2D eigenvalue weighted by atomic mass is 10.00. The Morgan fingerprint density at radius 1 is 1.41 bits per heavy atom. The summed E-state index contributed by atoms with van der Waals surface area (Å²) in [5.74, 6) is 0.518. The number of anilines is 2. The van der Waals surface area contributed by atoms with Crippen LogP contribution in [0.2, 0.25) is 0 Å². The molecule has 0 saturated heterocycles. The molecule has 0 aromatic heterocycles. The van der Waals surface area contributed by atoms with Crippen molar-refractivity contribution < 1.29 is 4.79 Å². The van der Waals surface area contributed by atoms with Crippen LogP contribution in [0.1, 0.15) is 24.8 Å². The molecule has 1 fully saturated rings. The van der Waals surface area contributed by atoms with Crippen LogP contribution in [0.25, 0.3) is 0 Å². The first kappa shape index (κ1) is 11.1. The van der Waals surface area contributed by atoms with E-state index in [0.717, 1.165) is 42.4 Å². The van der Waals surface area contributed by atoms with Crippen molar-refractivity contribution >= 4 is 33.2 Å². The molecule has 90 valence electrons. The fourth-order valence-electron chi connectivity index (χ4n) is 2.51. The van der Waals surface area contributed by atoms with E-state index >= 15 is 0 Å². The Morgan fingerprint density at radius 2 is 2.18 bits per heavy atom. The highest BCUT2D eigenvalue weighted by atomic mass is 79.9. The molecular weight excluding hydrogens is 280 g/mol. The number of carbonyl (C=O) groups excluding carboxylic acids is 1. The molecule has 2 N–H and O–H groups in total. The van der Waals surface area contributed by atoms with Crippen molar-refractivity contribution in [1.29, 1.82) is 0 Å². The van der Waals surface area contributed by atoms with Crippen molar-refractivity contribution in [3.63, 3.8) is 0 Å². The summed E-state index contributed by atoms with van der Waals surface area (Å²) in [5.41, 5.74) is 8.92. The molecule has 0 atom stereocenters. The molecular formula is C13H15BrN2O. The van der Waals surface area contributed by atoms with E-state index in [1.54, 1.807) is 0 Å². The molecule has 3 rings (SSSR count). The van der Waals surface area contributed by atoms with Gasteiger partial charge in [-0.05, 0) is 43.4 Å². The summed E-state index contributed by atoms with van der Waals surface area (Å²) in [6.45, 7) is 0.814. The Morgan fingerprint density at radius 3 is 2.88 bits per heavy atom. The van der Waals surface area contributed by atoms with Crippen LogP contribution >= 0.6 is 15.9 Å². The summed E-state index contributed by atoms with van der Waals surface area (Å²) in [7, 11) is 0. The molecule has 1 aromatic carbocycles. The van der Waals surface area contributed by atoms with E-state index in [9.17, 15) is 4.79 Å². The van der Waals surface area contributed by atoms with Crippen molar-refractivity contribution in [3.05, 3.63) is 22.2 Å². The minimum Gasteiger partial charge on any atom is -0.397 e. The third kappa shape index (κ3) is 1.95. The molecule has 0 bridgehead atoms. The molecule has 1 aromatic rings. The summed E-state index contributed by atoms with van der Waals surface area (Å²) < 4.78 is 0.995. The van der Waals surface area contributed by atoms with E-state index in [1.807, 2.05) is 11.0 Å². The predicted molar refractivity (Wildman–Crippen MR) is 72.0 cm³/mol. The number of hydrogen-bond acceptors (Lipinski definition) is 2. The first-order chi connectivity index (χ1) is 8.16. The molecule has 1 heterocycles. The Bertz CT molecular complexity index is 483. The van der Waals surface area contributed by atoms with E-state index in [-0.39, 0.29) is 11.8 Å². The van der Waals surface area contributed by atoms with Gasteiger partial charge in [0.1, 0.15) is 0 Å². The first-order valence-corrected chi connectivity index (χ1v) is 6.85. The lowest BCUT2D eigenvalue weighted by Crippen LogP contribution is -2.37. The van der Waals surface area contributed by atoms with E-state index in [1.165, 1.54) is 5.56 Å². The predicted octanol–water partition coefficient (Wildman–Crippen LogP) is 2.72. The lowest BCUT2D eigenvalue weighted by Gasteiger charge is -2.31.